The predicted molar refractivity (Wildman–Crippen MR) is 87.6 cm³/mol. The van der Waals surface area contributed by atoms with Gasteiger partial charge in [-0.15, -0.1) is 0 Å². The van der Waals surface area contributed by atoms with Gasteiger partial charge in [0.15, 0.2) is 0 Å². The third-order valence-electron chi connectivity index (χ3n) is 3.36. The average molecular weight is 303 g/mol. The molecule has 0 unspecified atom stereocenters. The number of hydrogen-bond donors (Lipinski definition) is 2. The van der Waals surface area contributed by atoms with Gasteiger partial charge in [-0.1, -0.05) is 49.7 Å². The molecular weight excluding hydrogens is 284 g/mol. The van der Waals surface area contributed by atoms with Gasteiger partial charge in [0.2, 0.25) is 0 Å². The maximum atomic E-state index is 12.0. The summed E-state index contributed by atoms with van der Waals surface area (Å²) in [5.74, 6) is 0.344. The molecule has 2 aromatic rings. The minimum atomic E-state index is -0.161. The van der Waals surface area contributed by atoms with E-state index in [1.807, 2.05) is 12.1 Å². The molecule has 21 heavy (non-hydrogen) atoms. The van der Waals surface area contributed by atoms with Gasteiger partial charge in [0.05, 0.1) is 10.7 Å². The van der Waals surface area contributed by atoms with E-state index in [-0.39, 0.29) is 5.91 Å². The summed E-state index contributed by atoms with van der Waals surface area (Å²) in [6.07, 6.45) is 0. The van der Waals surface area contributed by atoms with Crippen LogP contribution >= 0.6 is 11.6 Å². The van der Waals surface area contributed by atoms with Gasteiger partial charge >= 0.3 is 0 Å². The smallest absolute Gasteiger partial charge is 0.251 e. The minimum absolute atomic E-state index is 0.161. The topological polar surface area (TPSA) is 55.1 Å². The largest absolute Gasteiger partial charge is 0.398 e. The van der Waals surface area contributed by atoms with E-state index in [1.165, 1.54) is 5.56 Å². The fourth-order valence-corrected chi connectivity index (χ4v) is 2.11. The van der Waals surface area contributed by atoms with Crippen LogP contribution in [-0.2, 0) is 6.54 Å². The molecule has 0 aliphatic heterocycles. The molecule has 0 aliphatic carbocycles. The molecule has 4 heteroatoms. The van der Waals surface area contributed by atoms with Crippen molar-refractivity contribution in [1.82, 2.24) is 5.32 Å². The number of anilines is 1. The number of nitrogen functional groups attached to an aromatic ring is 1. The summed E-state index contributed by atoms with van der Waals surface area (Å²) in [6.45, 7) is 4.79. The Morgan fingerprint density at radius 3 is 2.43 bits per heavy atom. The van der Waals surface area contributed by atoms with E-state index in [0.717, 1.165) is 5.56 Å². The van der Waals surface area contributed by atoms with Crippen molar-refractivity contribution in [3.05, 3.63) is 64.2 Å². The van der Waals surface area contributed by atoms with Crippen LogP contribution in [0.3, 0.4) is 0 Å². The zero-order valence-electron chi connectivity index (χ0n) is 12.2. The van der Waals surface area contributed by atoms with Crippen molar-refractivity contribution in [2.45, 2.75) is 26.3 Å². The van der Waals surface area contributed by atoms with Crippen molar-refractivity contribution in [3.8, 4) is 0 Å². The van der Waals surface area contributed by atoms with Gasteiger partial charge in [0, 0.05) is 12.1 Å². The molecule has 0 saturated carbocycles. The van der Waals surface area contributed by atoms with Crippen LogP contribution in [0.5, 0.6) is 0 Å². The Balaban J connectivity index is 1.98. The van der Waals surface area contributed by atoms with Crippen molar-refractivity contribution in [3.63, 3.8) is 0 Å². The second kappa shape index (κ2) is 6.64. The Kier molecular flexibility index (Phi) is 4.86. The van der Waals surface area contributed by atoms with E-state index in [9.17, 15) is 4.79 Å². The van der Waals surface area contributed by atoms with Gasteiger partial charge in [-0.2, -0.15) is 0 Å². The Morgan fingerprint density at radius 2 is 1.86 bits per heavy atom. The molecule has 0 fully saturated rings. The first-order chi connectivity index (χ1) is 9.97. The van der Waals surface area contributed by atoms with Crippen LogP contribution in [-0.4, -0.2) is 5.91 Å². The van der Waals surface area contributed by atoms with Crippen LogP contribution in [0.25, 0.3) is 0 Å². The molecule has 0 radical (unpaired) electrons. The summed E-state index contributed by atoms with van der Waals surface area (Å²) >= 11 is 5.84. The van der Waals surface area contributed by atoms with Crippen molar-refractivity contribution in [2.24, 2.45) is 0 Å². The van der Waals surface area contributed by atoms with Crippen molar-refractivity contribution >= 4 is 23.2 Å². The van der Waals surface area contributed by atoms with E-state index in [0.29, 0.717) is 28.7 Å². The van der Waals surface area contributed by atoms with E-state index in [1.54, 1.807) is 18.2 Å². The number of nitrogens with two attached hydrogens (primary N) is 1. The number of hydrogen-bond acceptors (Lipinski definition) is 2. The summed E-state index contributed by atoms with van der Waals surface area (Å²) < 4.78 is 0. The van der Waals surface area contributed by atoms with Gasteiger partial charge in [-0.25, -0.2) is 0 Å². The summed E-state index contributed by atoms with van der Waals surface area (Å²) in [5.41, 5.74) is 8.97. The molecule has 0 atom stereocenters. The average Bonchev–Trinajstić information content (AvgIpc) is 2.48. The summed E-state index contributed by atoms with van der Waals surface area (Å²) in [6, 6.07) is 13.1. The highest BCUT2D eigenvalue weighted by atomic mass is 35.5. The summed E-state index contributed by atoms with van der Waals surface area (Å²) in [7, 11) is 0. The quantitative estimate of drug-likeness (QED) is 0.839. The van der Waals surface area contributed by atoms with Crippen LogP contribution in [0.1, 0.15) is 41.3 Å². The Hall–Kier alpha value is -2.00. The van der Waals surface area contributed by atoms with Crippen molar-refractivity contribution in [2.75, 3.05) is 5.73 Å². The monoisotopic (exact) mass is 302 g/mol. The van der Waals surface area contributed by atoms with Crippen LogP contribution < -0.4 is 11.1 Å². The van der Waals surface area contributed by atoms with Gasteiger partial charge < -0.3 is 11.1 Å². The van der Waals surface area contributed by atoms with E-state index in [2.05, 4.69) is 31.3 Å². The van der Waals surface area contributed by atoms with E-state index >= 15 is 0 Å². The zero-order chi connectivity index (χ0) is 15.4. The highest BCUT2D eigenvalue weighted by Gasteiger charge is 2.07. The molecule has 0 saturated heterocycles. The van der Waals surface area contributed by atoms with Crippen LogP contribution in [0, 0.1) is 0 Å². The lowest BCUT2D eigenvalue weighted by molar-refractivity contribution is 0.0951. The SMILES string of the molecule is CC(C)c1ccc(CNC(=O)c2ccc(Cl)c(N)c2)cc1. The van der Waals surface area contributed by atoms with Gasteiger partial charge in [-0.05, 0) is 35.2 Å². The highest BCUT2D eigenvalue weighted by Crippen LogP contribution is 2.19. The molecule has 1 amide bonds. The fraction of sp³-hybridized carbons (Fsp3) is 0.235. The number of carbonyl (C=O) groups is 1. The van der Waals surface area contributed by atoms with Crippen LogP contribution in [0.15, 0.2) is 42.5 Å². The highest BCUT2D eigenvalue weighted by molar-refractivity contribution is 6.33. The number of amides is 1. The first kappa shape index (κ1) is 15.4. The fourth-order valence-electron chi connectivity index (χ4n) is 1.99. The number of nitrogens with one attached hydrogen (secondary N) is 1. The maximum absolute atomic E-state index is 12.0. The Bertz CT molecular complexity index is 636. The van der Waals surface area contributed by atoms with Crippen molar-refractivity contribution < 1.29 is 4.79 Å². The molecule has 0 aromatic heterocycles. The number of rotatable bonds is 4. The second-order valence-corrected chi connectivity index (χ2v) is 5.72. The molecule has 110 valence electrons. The second-order valence-electron chi connectivity index (χ2n) is 5.32. The lowest BCUT2D eigenvalue weighted by atomic mass is 10.0. The molecule has 2 aromatic carbocycles. The first-order valence-electron chi connectivity index (χ1n) is 6.89. The standard InChI is InChI=1S/C17H19ClN2O/c1-11(2)13-5-3-12(4-6-13)10-20-17(21)14-7-8-15(18)16(19)9-14/h3-9,11H,10,19H2,1-2H3,(H,20,21). The van der Waals surface area contributed by atoms with Gasteiger partial charge in [0.1, 0.15) is 0 Å². The van der Waals surface area contributed by atoms with Crippen LogP contribution in [0.4, 0.5) is 5.69 Å². The maximum Gasteiger partial charge on any atom is 0.251 e. The Morgan fingerprint density at radius 1 is 1.19 bits per heavy atom. The third kappa shape index (κ3) is 3.99. The predicted octanol–water partition coefficient (Wildman–Crippen LogP) is 3.98. The van der Waals surface area contributed by atoms with Crippen LogP contribution in [0.2, 0.25) is 5.02 Å². The molecule has 3 N–H and O–H groups in total. The molecular formula is C17H19ClN2O. The molecule has 0 aliphatic rings. The third-order valence-corrected chi connectivity index (χ3v) is 3.70. The lowest BCUT2D eigenvalue weighted by Crippen LogP contribution is -2.22. The number of benzene rings is 2. The molecule has 0 bridgehead atoms. The molecule has 0 heterocycles. The molecule has 3 nitrogen and oxygen atoms in total. The first-order valence-corrected chi connectivity index (χ1v) is 7.27. The van der Waals surface area contributed by atoms with Gasteiger partial charge in [-0.3, -0.25) is 4.79 Å². The lowest BCUT2D eigenvalue weighted by Gasteiger charge is -2.09. The van der Waals surface area contributed by atoms with Crippen molar-refractivity contribution in [1.29, 1.82) is 0 Å². The van der Waals surface area contributed by atoms with E-state index < -0.39 is 0 Å². The number of halogens is 1. The summed E-state index contributed by atoms with van der Waals surface area (Å²) in [5, 5.41) is 3.33. The molecule has 2 rings (SSSR count). The Labute approximate surface area is 130 Å². The number of carbonyl (C=O) groups excluding carboxylic acids is 1. The minimum Gasteiger partial charge on any atom is -0.398 e. The molecule has 0 spiro atoms. The normalized spacial score (nSPS) is 10.7. The van der Waals surface area contributed by atoms with E-state index in [4.69, 9.17) is 17.3 Å². The summed E-state index contributed by atoms with van der Waals surface area (Å²) in [4.78, 5) is 12.0. The van der Waals surface area contributed by atoms with Gasteiger partial charge in [0.25, 0.3) is 5.91 Å². The zero-order valence-corrected chi connectivity index (χ0v) is 12.9.